The van der Waals surface area contributed by atoms with E-state index in [4.69, 9.17) is 5.73 Å². The van der Waals surface area contributed by atoms with Crippen molar-refractivity contribution in [3.05, 3.63) is 30.1 Å². The first-order valence-electron chi connectivity index (χ1n) is 3.71. The molecule has 0 unspecified atom stereocenters. The Bertz CT molecular complexity index is 320. The Labute approximate surface area is 75.7 Å². The molecule has 0 spiro atoms. The van der Waals surface area contributed by atoms with Gasteiger partial charge in [0.2, 0.25) is 0 Å². The fourth-order valence-corrected chi connectivity index (χ4v) is 0.773. The maximum atomic E-state index is 10.3. The lowest BCUT2D eigenvalue weighted by Gasteiger charge is -1.98. The molecule has 3 N–H and O–H groups in total. The normalized spacial score (nSPS) is 11.0. The molecule has 68 valence electrons. The van der Waals surface area contributed by atoms with Gasteiger partial charge < -0.3 is 5.73 Å². The number of hydrogen-bond acceptors (Lipinski definition) is 3. The minimum atomic E-state index is -0.685. The predicted octanol–water partition coefficient (Wildman–Crippen LogP) is 0.474. The standard InChI is InChI=1S/C8H10N4O/c1-6(11-12-8(9)13)7-4-2-3-5-10-7/h2-5H,1H3,(H3,9,12,13). The van der Waals surface area contributed by atoms with E-state index in [-0.39, 0.29) is 0 Å². The van der Waals surface area contributed by atoms with Gasteiger partial charge >= 0.3 is 6.03 Å². The number of nitrogens with zero attached hydrogens (tertiary/aromatic N) is 2. The third kappa shape index (κ3) is 2.90. The number of rotatable bonds is 2. The Kier molecular flexibility index (Phi) is 2.97. The second-order valence-corrected chi connectivity index (χ2v) is 2.39. The third-order valence-electron chi connectivity index (χ3n) is 1.37. The van der Waals surface area contributed by atoms with E-state index in [9.17, 15) is 4.79 Å². The fourth-order valence-electron chi connectivity index (χ4n) is 0.773. The van der Waals surface area contributed by atoms with Crippen LogP contribution in [0.25, 0.3) is 0 Å². The van der Waals surface area contributed by atoms with Crippen LogP contribution in [-0.4, -0.2) is 16.7 Å². The quantitative estimate of drug-likeness (QED) is 0.510. The summed E-state index contributed by atoms with van der Waals surface area (Å²) < 4.78 is 0. The second-order valence-electron chi connectivity index (χ2n) is 2.39. The van der Waals surface area contributed by atoms with Gasteiger partial charge in [0.25, 0.3) is 0 Å². The Balaban J connectivity index is 2.73. The molecule has 0 fully saturated rings. The molecule has 1 rings (SSSR count). The van der Waals surface area contributed by atoms with E-state index in [0.29, 0.717) is 11.4 Å². The second kappa shape index (κ2) is 4.20. The minimum Gasteiger partial charge on any atom is -0.350 e. The van der Waals surface area contributed by atoms with Crippen LogP contribution in [0.3, 0.4) is 0 Å². The van der Waals surface area contributed by atoms with Crippen LogP contribution in [0.4, 0.5) is 4.79 Å². The summed E-state index contributed by atoms with van der Waals surface area (Å²) in [4.78, 5) is 14.4. The van der Waals surface area contributed by atoms with Crippen LogP contribution >= 0.6 is 0 Å². The molecule has 13 heavy (non-hydrogen) atoms. The number of nitrogens with one attached hydrogen (secondary N) is 1. The highest BCUT2D eigenvalue weighted by Crippen LogP contribution is 1.94. The van der Waals surface area contributed by atoms with Gasteiger partial charge in [-0.1, -0.05) is 6.07 Å². The first-order chi connectivity index (χ1) is 6.20. The topological polar surface area (TPSA) is 80.4 Å². The fraction of sp³-hybridized carbons (Fsp3) is 0.125. The summed E-state index contributed by atoms with van der Waals surface area (Å²) in [5.41, 5.74) is 8.29. The number of carbonyl (C=O) groups excluding carboxylic acids is 1. The molecule has 0 aliphatic carbocycles. The van der Waals surface area contributed by atoms with Crippen molar-refractivity contribution in [2.45, 2.75) is 6.92 Å². The molecule has 2 amide bonds. The van der Waals surface area contributed by atoms with Gasteiger partial charge in [-0.15, -0.1) is 0 Å². The van der Waals surface area contributed by atoms with Crippen molar-refractivity contribution >= 4 is 11.7 Å². The van der Waals surface area contributed by atoms with Crippen LogP contribution in [0.15, 0.2) is 29.5 Å². The maximum Gasteiger partial charge on any atom is 0.332 e. The molecule has 0 aliphatic rings. The van der Waals surface area contributed by atoms with Gasteiger partial charge in [-0.3, -0.25) is 4.98 Å². The van der Waals surface area contributed by atoms with Crippen molar-refractivity contribution in [1.82, 2.24) is 10.4 Å². The van der Waals surface area contributed by atoms with Crippen LogP contribution in [0.5, 0.6) is 0 Å². The molecule has 1 aromatic heterocycles. The molecular weight excluding hydrogens is 168 g/mol. The summed E-state index contributed by atoms with van der Waals surface area (Å²) >= 11 is 0. The first-order valence-corrected chi connectivity index (χ1v) is 3.71. The van der Waals surface area contributed by atoms with Gasteiger partial charge in [0, 0.05) is 6.20 Å². The Morgan fingerprint density at radius 1 is 1.62 bits per heavy atom. The Morgan fingerprint density at radius 2 is 2.38 bits per heavy atom. The molecule has 0 radical (unpaired) electrons. The van der Waals surface area contributed by atoms with Crippen molar-refractivity contribution in [3.8, 4) is 0 Å². The molecule has 0 saturated heterocycles. The highest BCUT2D eigenvalue weighted by Gasteiger charge is 1.96. The Hall–Kier alpha value is -1.91. The first kappa shape index (κ1) is 9.18. The third-order valence-corrected chi connectivity index (χ3v) is 1.37. The largest absolute Gasteiger partial charge is 0.350 e. The van der Waals surface area contributed by atoms with E-state index in [0.717, 1.165) is 0 Å². The summed E-state index contributed by atoms with van der Waals surface area (Å²) in [6.07, 6.45) is 1.65. The van der Waals surface area contributed by atoms with Crippen molar-refractivity contribution in [1.29, 1.82) is 0 Å². The smallest absolute Gasteiger partial charge is 0.332 e. The zero-order valence-corrected chi connectivity index (χ0v) is 7.19. The molecular formula is C8H10N4O. The van der Waals surface area contributed by atoms with Crippen molar-refractivity contribution in [3.63, 3.8) is 0 Å². The molecule has 0 saturated carbocycles. The number of nitrogens with two attached hydrogens (primary N) is 1. The van der Waals surface area contributed by atoms with E-state index >= 15 is 0 Å². The van der Waals surface area contributed by atoms with Crippen LogP contribution in [-0.2, 0) is 0 Å². The van der Waals surface area contributed by atoms with E-state index in [2.05, 4.69) is 15.5 Å². The van der Waals surface area contributed by atoms with Gasteiger partial charge in [0.1, 0.15) is 0 Å². The monoisotopic (exact) mass is 178 g/mol. The Morgan fingerprint density at radius 3 is 2.92 bits per heavy atom. The molecule has 5 nitrogen and oxygen atoms in total. The van der Waals surface area contributed by atoms with Gasteiger partial charge in [0.05, 0.1) is 11.4 Å². The summed E-state index contributed by atoms with van der Waals surface area (Å²) in [7, 11) is 0. The minimum absolute atomic E-state index is 0.611. The van der Waals surface area contributed by atoms with Gasteiger partial charge in [-0.05, 0) is 19.1 Å². The molecule has 0 atom stereocenters. The van der Waals surface area contributed by atoms with Crippen molar-refractivity contribution in [2.75, 3.05) is 0 Å². The van der Waals surface area contributed by atoms with Gasteiger partial charge in [-0.25, -0.2) is 10.2 Å². The average molecular weight is 178 g/mol. The molecule has 0 bridgehead atoms. The van der Waals surface area contributed by atoms with Crippen LogP contribution in [0, 0.1) is 0 Å². The summed E-state index contributed by atoms with van der Waals surface area (Å²) in [6, 6.07) is 4.75. The molecule has 1 heterocycles. The van der Waals surface area contributed by atoms with Crippen LogP contribution < -0.4 is 11.2 Å². The number of primary amides is 1. The lowest BCUT2D eigenvalue weighted by molar-refractivity contribution is 0.249. The number of urea groups is 1. The maximum absolute atomic E-state index is 10.3. The van der Waals surface area contributed by atoms with E-state index in [1.54, 1.807) is 25.3 Å². The zero-order chi connectivity index (χ0) is 9.68. The number of carbonyl (C=O) groups is 1. The average Bonchev–Trinajstić information content (AvgIpc) is 2.15. The van der Waals surface area contributed by atoms with Crippen molar-refractivity contribution in [2.24, 2.45) is 10.8 Å². The highest BCUT2D eigenvalue weighted by atomic mass is 16.2. The highest BCUT2D eigenvalue weighted by molar-refractivity contribution is 5.97. The van der Waals surface area contributed by atoms with E-state index in [1.165, 1.54) is 0 Å². The molecule has 1 aromatic rings. The number of pyridine rings is 1. The van der Waals surface area contributed by atoms with E-state index in [1.807, 2.05) is 6.07 Å². The lowest BCUT2D eigenvalue weighted by atomic mass is 10.3. The summed E-state index contributed by atoms with van der Waals surface area (Å²) in [5, 5.41) is 3.72. The zero-order valence-electron chi connectivity index (χ0n) is 7.19. The van der Waals surface area contributed by atoms with Crippen LogP contribution in [0.2, 0.25) is 0 Å². The van der Waals surface area contributed by atoms with Crippen LogP contribution in [0.1, 0.15) is 12.6 Å². The number of hydrazone groups is 1. The molecule has 0 aromatic carbocycles. The predicted molar refractivity (Wildman–Crippen MR) is 49.2 cm³/mol. The summed E-state index contributed by atoms with van der Waals surface area (Å²) in [6.45, 7) is 1.73. The number of amides is 2. The number of hydrogen-bond donors (Lipinski definition) is 2. The number of aromatic nitrogens is 1. The summed E-state index contributed by atoms with van der Waals surface area (Å²) in [5.74, 6) is 0. The molecule has 5 heteroatoms. The van der Waals surface area contributed by atoms with Crippen molar-refractivity contribution < 1.29 is 4.79 Å². The molecule has 0 aliphatic heterocycles. The van der Waals surface area contributed by atoms with Gasteiger partial charge in [-0.2, -0.15) is 5.10 Å². The lowest BCUT2D eigenvalue weighted by Crippen LogP contribution is -2.25. The van der Waals surface area contributed by atoms with E-state index < -0.39 is 6.03 Å². The SMILES string of the molecule is CC(=NNC(N)=O)c1ccccn1. The van der Waals surface area contributed by atoms with Gasteiger partial charge in [0.15, 0.2) is 0 Å².